The van der Waals surface area contributed by atoms with E-state index in [0.29, 0.717) is 17.4 Å². The van der Waals surface area contributed by atoms with Gasteiger partial charge in [-0.25, -0.2) is 0 Å². The van der Waals surface area contributed by atoms with Crippen LogP contribution >= 0.6 is 0 Å². The van der Waals surface area contributed by atoms with E-state index in [9.17, 15) is 0 Å². The van der Waals surface area contributed by atoms with Gasteiger partial charge in [-0.15, -0.1) is 0 Å². The Bertz CT molecular complexity index is 288. The van der Waals surface area contributed by atoms with Gasteiger partial charge in [0.15, 0.2) is 6.29 Å². The molecule has 4 atom stereocenters. The monoisotopic (exact) mass is 224 g/mol. The van der Waals surface area contributed by atoms with Crippen molar-refractivity contribution < 1.29 is 9.47 Å². The van der Waals surface area contributed by atoms with Gasteiger partial charge >= 0.3 is 0 Å². The van der Waals surface area contributed by atoms with Crippen molar-refractivity contribution in [2.24, 2.45) is 17.3 Å². The van der Waals surface area contributed by atoms with Crippen molar-refractivity contribution in [1.82, 2.24) is 0 Å². The van der Waals surface area contributed by atoms with Crippen LogP contribution in [0.5, 0.6) is 0 Å². The Balaban J connectivity index is 2.14. The highest BCUT2D eigenvalue weighted by Crippen LogP contribution is 2.43. The minimum absolute atomic E-state index is 0.0799. The van der Waals surface area contributed by atoms with Crippen molar-refractivity contribution in [3.05, 3.63) is 11.8 Å². The van der Waals surface area contributed by atoms with Crippen LogP contribution in [-0.4, -0.2) is 12.4 Å². The topological polar surface area (TPSA) is 18.5 Å². The smallest absolute Gasteiger partial charge is 0.196 e. The fourth-order valence-corrected chi connectivity index (χ4v) is 2.81. The lowest BCUT2D eigenvalue weighted by Gasteiger charge is -2.43. The van der Waals surface area contributed by atoms with E-state index >= 15 is 0 Å². The number of hydrogen-bond donors (Lipinski definition) is 0. The third-order valence-electron chi connectivity index (χ3n) is 4.01. The number of allylic oxidation sites excluding steroid dienone is 1. The average molecular weight is 224 g/mol. The van der Waals surface area contributed by atoms with E-state index in [2.05, 4.69) is 33.8 Å². The van der Waals surface area contributed by atoms with E-state index in [1.54, 1.807) is 0 Å². The van der Waals surface area contributed by atoms with Crippen LogP contribution in [0.2, 0.25) is 0 Å². The van der Waals surface area contributed by atoms with Gasteiger partial charge in [-0.1, -0.05) is 20.8 Å². The third-order valence-corrected chi connectivity index (χ3v) is 4.01. The molecule has 0 bridgehead atoms. The summed E-state index contributed by atoms with van der Waals surface area (Å²) in [6.45, 7) is 11.1. The Morgan fingerprint density at radius 3 is 2.56 bits per heavy atom. The van der Waals surface area contributed by atoms with Crippen LogP contribution in [0.4, 0.5) is 0 Å². The van der Waals surface area contributed by atoms with Gasteiger partial charge in [0.05, 0.1) is 6.10 Å². The van der Waals surface area contributed by atoms with E-state index < -0.39 is 0 Å². The lowest BCUT2D eigenvalue weighted by molar-refractivity contribution is -0.196. The normalized spacial score (nSPS) is 39.7. The van der Waals surface area contributed by atoms with Crippen LogP contribution < -0.4 is 0 Å². The molecule has 0 aromatic rings. The lowest BCUT2D eigenvalue weighted by Crippen LogP contribution is -2.40. The van der Waals surface area contributed by atoms with Gasteiger partial charge < -0.3 is 9.47 Å². The highest BCUT2D eigenvalue weighted by Gasteiger charge is 2.38. The fourth-order valence-electron chi connectivity index (χ4n) is 2.81. The summed E-state index contributed by atoms with van der Waals surface area (Å²) in [5, 5.41) is 0. The first-order valence-electron chi connectivity index (χ1n) is 6.40. The lowest BCUT2D eigenvalue weighted by atomic mass is 9.70. The quantitative estimate of drug-likeness (QED) is 0.624. The highest BCUT2D eigenvalue weighted by atomic mass is 16.7. The Morgan fingerprint density at radius 2 is 1.94 bits per heavy atom. The Labute approximate surface area is 99.0 Å². The van der Waals surface area contributed by atoms with E-state index in [-0.39, 0.29) is 6.29 Å². The van der Waals surface area contributed by atoms with Gasteiger partial charge in [-0.05, 0) is 44.1 Å². The van der Waals surface area contributed by atoms with Gasteiger partial charge in [0.25, 0.3) is 0 Å². The minimum atomic E-state index is -0.0799. The molecule has 2 nitrogen and oxygen atoms in total. The predicted octanol–water partition coefficient (Wildman–Crippen LogP) is 3.72. The maximum atomic E-state index is 5.76. The zero-order valence-electron chi connectivity index (χ0n) is 11.1. The molecular weight excluding hydrogens is 200 g/mol. The molecule has 1 fully saturated rings. The van der Waals surface area contributed by atoms with E-state index in [1.807, 2.05) is 6.92 Å². The molecule has 0 saturated carbocycles. The second kappa shape index (κ2) is 4.06. The third kappa shape index (κ3) is 2.27. The molecule has 2 rings (SSSR count). The van der Waals surface area contributed by atoms with Gasteiger partial charge in [0.1, 0.15) is 5.76 Å². The summed E-state index contributed by atoms with van der Waals surface area (Å²) in [7, 11) is 0. The Morgan fingerprint density at radius 1 is 1.25 bits per heavy atom. The van der Waals surface area contributed by atoms with E-state index in [4.69, 9.17) is 9.47 Å². The molecule has 0 aromatic carbocycles. The maximum absolute atomic E-state index is 5.76. The van der Waals surface area contributed by atoms with Gasteiger partial charge in [-0.3, -0.25) is 0 Å². The summed E-state index contributed by atoms with van der Waals surface area (Å²) in [5.74, 6) is 2.38. The van der Waals surface area contributed by atoms with Crippen molar-refractivity contribution in [2.75, 3.05) is 0 Å². The van der Waals surface area contributed by atoms with Crippen LogP contribution in [0.1, 0.15) is 47.5 Å². The molecule has 1 saturated heterocycles. The van der Waals surface area contributed by atoms with E-state index in [1.165, 1.54) is 12.2 Å². The van der Waals surface area contributed by atoms with Gasteiger partial charge in [0.2, 0.25) is 0 Å². The summed E-state index contributed by atoms with van der Waals surface area (Å²) in [4.78, 5) is 0. The first kappa shape index (κ1) is 12.0. The van der Waals surface area contributed by atoms with Gasteiger partial charge in [0, 0.05) is 5.92 Å². The molecule has 4 unspecified atom stereocenters. The first-order valence-corrected chi connectivity index (χ1v) is 6.40. The molecule has 0 N–H and O–H groups in total. The molecular formula is C14H24O2. The predicted molar refractivity (Wildman–Crippen MR) is 64.8 cm³/mol. The van der Waals surface area contributed by atoms with Crippen molar-refractivity contribution in [1.29, 1.82) is 0 Å². The molecule has 1 heterocycles. The average Bonchev–Trinajstić information content (AvgIpc) is 2.15. The molecule has 2 aliphatic rings. The van der Waals surface area contributed by atoms with Crippen molar-refractivity contribution in [3.63, 3.8) is 0 Å². The largest absolute Gasteiger partial charge is 0.470 e. The molecule has 0 amide bonds. The summed E-state index contributed by atoms with van der Waals surface area (Å²) in [6, 6.07) is 0. The molecule has 2 heteroatoms. The Kier molecular flexibility index (Phi) is 3.04. The highest BCUT2D eigenvalue weighted by molar-refractivity contribution is 5.09. The standard InChI is InChI=1S/C14H24O2/c1-9-12-8-11(14(3,4)5)6-7-13(12)16-10(2)15-9/h7,9-12H,6,8H2,1-5H3. The molecule has 0 spiro atoms. The second-order valence-corrected chi connectivity index (χ2v) is 6.27. The van der Waals surface area contributed by atoms with Crippen molar-refractivity contribution in [2.45, 2.75) is 59.9 Å². The minimum Gasteiger partial charge on any atom is -0.470 e. The summed E-state index contributed by atoms with van der Waals surface area (Å²) in [5.41, 5.74) is 0.380. The van der Waals surface area contributed by atoms with Crippen molar-refractivity contribution >= 4 is 0 Å². The fraction of sp³-hybridized carbons (Fsp3) is 0.857. The van der Waals surface area contributed by atoms with Gasteiger partial charge in [-0.2, -0.15) is 0 Å². The molecule has 1 aliphatic carbocycles. The van der Waals surface area contributed by atoms with Crippen LogP contribution in [0.15, 0.2) is 11.8 Å². The summed E-state index contributed by atoms with van der Waals surface area (Å²) in [6.07, 6.45) is 4.85. The molecule has 0 radical (unpaired) electrons. The maximum Gasteiger partial charge on any atom is 0.196 e. The summed E-state index contributed by atoms with van der Waals surface area (Å²) < 4.78 is 11.5. The molecule has 1 aliphatic heterocycles. The number of rotatable bonds is 0. The zero-order valence-corrected chi connectivity index (χ0v) is 11.1. The van der Waals surface area contributed by atoms with Crippen molar-refractivity contribution in [3.8, 4) is 0 Å². The number of fused-ring (bicyclic) bond motifs is 1. The first-order chi connectivity index (χ1) is 7.38. The molecule has 0 aromatic heterocycles. The number of ether oxygens (including phenoxy) is 2. The molecule has 16 heavy (non-hydrogen) atoms. The van der Waals surface area contributed by atoms with Crippen LogP contribution in [0.25, 0.3) is 0 Å². The van der Waals surface area contributed by atoms with Crippen LogP contribution in [0, 0.1) is 17.3 Å². The Hall–Kier alpha value is -0.500. The van der Waals surface area contributed by atoms with Crippen LogP contribution in [-0.2, 0) is 9.47 Å². The summed E-state index contributed by atoms with van der Waals surface area (Å²) >= 11 is 0. The molecule has 92 valence electrons. The zero-order chi connectivity index (χ0) is 11.9. The SMILES string of the molecule is CC1OC2=CCC(C(C)(C)C)CC2C(C)O1. The van der Waals surface area contributed by atoms with E-state index in [0.717, 1.165) is 12.3 Å². The number of hydrogen-bond acceptors (Lipinski definition) is 2. The van der Waals surface area contributed by atoms with Crippen LogP contribution in [0.3, 0.4) is 0 Å². The second-order valence-electron chi connectivity index (χ2n) is 6.27.